The smallest absolute Gasteiger partial charge is 0.340 e. The first-order chi connectivity index (χ1) is 13.2. The number of ether oxygens (including phenoxy) is 1. The minimum Gasteiger partial charge on any atom is -0.462 e. The van der Waals surface area contributed by atoms with Crippen LogP contribution in [0.3, 0.4) is 0 Å². The molecule has 0 saturated carbocycles. The van der Waals surface area contributed by atoms with E-state index in [1.807, 2.05) is 24.4 Å². The van der Waals surface area contributed by atoms with Gasteiger partial charge in [-0.1, -0.05) is 18.2 Å². The molecule has 138 valence electrons. The van der Waals surface area contributed by atoms with Gasteiger partial charge in [0.1, 0.15) is 5.65 Å². The zero-order valence-corrected chi connectivity index (χ0v) is 15.1. The minimum absolute atomic E-state index is 0.0803. The van der Waals surface area contributed by atoms with Gasteiger partial charge < -0.3 is 14.5 Å². The van der Waals surface area contributed by atoms with E-state index in [4.69, 9.17) is 4.74 Å². The number of para-hydroxylation sites is 1. The average Bonchev–Trinajstić information content (AvgIpc) is 3.06. The van der Waals surface area contributed by atoms with Crippen LogP contribution in [0, 0.1) is 5.92 Å². The lowest BCUT2D eigenvalue weighted by molar-refractivity contribution is -0.120. The number of aromatic nitrogens is 2. The maximum Gasteiger partial charge on any atom is 0.340 e. The molecule has 1 N–H and O–H groups in total. The molecule has 3 aromatic rings. The average molecular weight is 363 g/mol. The van der Waals surface area contributed by atoms with Gasteiger partial charge in [0.2, 0.25) is 5.91 Å². The largest absolute Gasteiger partial charge is 0.462 e. The summed E-state index contributed by atoms with van der Waals surface area (Å²) < 4.78 is 7.13. The quantitative estimate of drug-likeness (QED) is 0.722. The molecular formula is C21H21N3O3. The SMILES string of the molecule is CCOC(=O)c1ccccc1NC(=O)C1CCc2nc3ccccn3c2C1. The molecule has 0 saturated heterocycles. The van der Waals surface area contributed by atoms with Gasteiger partial charge in [-0.15, -0.1) is 0 Å². The van der Waals surface area contributed by atoms with E-state index in [9.17, 15) is 9.59 Å². The second-order valence-electron chi connectivity index (χ2n) is 6.63. The second-order valence-corrected chi connectivity index (χ2v) is 6.63. The summed E-state index contributed by atoms with van der Waals surface area (Å²) in [6.07, 6.45) is 4.13. The molecule has 0 spiro atoms. The molecule has 1 unspecified atom stereocenters. The van der Waals surface area contributed by atoms with Crippen LogP contribution in [-0.4, -0.2) is 27.9 Å². The number of anilines is 1. The molecule has 6 heteroatoms. The Kier molecular flexibility index (Phi) is 4.62. The number of hydrogen-bond acceptors (Lipinski definition) is 4. The molecule has 1 atom stereocenters. The molecule has 27 heavy (non-hydrogen) atoms. The van der Waals surface area contributed by atoms with Crippen molar-refractivity contribution in [3.8, 4) is 0 Å². The Balaban J connectivity index is 1.54. The van der Waals surface area contributed by atoms with Crippen molar-refractivity contribution in [1.82, 2.24) is 9.38 Å². The van der Waals surface area contributed by atoms with Crippen LogP contribution in [0.5, 0.6) is 0 Å². The van der Waals surface area contributed by atoms with Gasteiger partial charge in [-0.2, -0.15) is 0 Å². The Hall–Kier alpha value is -3.15. The molecule has 1 aliphatic carbocycles. The van der Waals surface area contributed by atoms with E-state index < -0.39 is 5.97 Å². The molecule has 1 aromatic carbocycles. The van der Waals surface area contributed by atoms with Crippen molar-refractivity contribution >= 4 is 23.2 Å². The van der Waals surface area contributed by atoms with Crippen molar-refractivity contribution in [2.45, 2.75) is 26.2 Å². The third-order valence-electron chi connectivity index (χ3n) is 4.93. The van der Waals surface area contributed by atoms with Crippen LogP contribution in [0.1, 0.15) is 35.1 Å². The summed E-state index contributed by atoms with van der Waals surface area (Å²) in [5.41, 5.74) is 3.94. The lowest BCUT2D eigenvalue weighted by Gasteiger charge is -2.22. The summed E-state index contributed by atoms with van der Waals surface area (Å²) in [5, 5.41) is 2.92. The zero-order valence-electron chi connectivity index (χ0n) is 15.1. The van der Waals surface area contributed by atoms with Crippen molar-refractivity contribution in [2.75, 3.05) is 11.9 Å². The predicted octanol–water partition coefficient (Wildman–Crippen LogP) is 3.25. The molecule has 0 bridgehead atoms. The second kappa shape index (κ2) is 7.23. The van der Waals surface area contributed by atoms with E-state index in [0.29, 0.717) is 24.3 Å². The van der Waals surface area contributed by atoms with Crippen molar-refractivity contribution in [3.05, 3.63) is 65.6 Å². The number of hydrogen-bond donors (Lipinski definition) is 1. The van der Waals surface area contributed by atoms with Gasteiger partial charge in [0.15, 0.2) is 0 Å². The fraction of sp³-hybridized carbons (Fsp3) is 0.286. The molecule has 1 amide bonds. The molecular weight excluding hydrogens is 342 g/mol. The van der Waals surface area contributed by atoms with Crippen LogP contribution < -0.4 is 5.32 Å². The summed E-state index contributed by atoms with van der Waals surface area (Å²) in [6.45, 7) is 2.05. The van der Waals surface area contributed by atoms with Gasteiger partial charge in [-0.25, -0.2) is 9.78 Å². The molecule has 2 heterocycles. The number of nitrogens with one attached hydrogen (secondary N) is 1. The Labute approximate surface area is 157 Å². The van der Waals surface area contributed by atoms with Crippen LogP contribution in [0.2, 0.25) is 0 Å². The summed E-state index contributed by atoms with van der Waals surface area (Å²) in [5.74, 6) is -0.669. The zero-order chi connectivity index (χ0) is 18.8. The van der Waals surface area contributed by atoms with E-state index in [1.54, 1.807) is 31.2 Å². The number of rotatable bonds is 4. The first kappa shape index (κ1) is 17.3. The number of carbonyl (C=O) groups excluding carboxylic acids is 2. The van der Waals surface area contributed by atoms with Crippen LogP contribution in [0.4, 0.5) is 5.69 Å². The van der Waals surface area contributed by atoms with E-state index in [0.717, 1.165) is 29.9 Å². The van der Waals surface area contributed by atoms with E-state index >= 15 is 0 Å². The normalized spacial score (nSPS) is 16.0. The molecule has 1 aliphatic rings. The van der Waals surface area contributed by atoms with Gasteiger partial charge in [0.25, 0.3) is 0 Å². The number of aryl methyl sites for hydroxylation is 1. The Morgan fingerprint density at radius 2 is 2.04 bits per heavy atom. The molecule has 4 rings (SSSR count). The van der Waals surface area contributed by atoms with Crippen LogP contribution in [0.25, 0.3) is 5.65 Å². The Morgan fingerprint density at radius 1 is 1.22 bits per heavy atom. The third kappa shape index (κ3) is 3.30. The Bertz CT molecular complexity index is 1010. The fourth-order valence-corrected chi connectivity index (χ4v) is 3.60. The molecule has 2 aromatic heterocycles. The van der Waals surface area contributed by atoms with Crippen LogP contribution in [0.15, 0.2) is 48.7 Å². The number of esters is 1. The van der Waals surface area contributed by atoms with Gasteiger partial charge in [0.05, 0.1) is 23.6 Å². The van der Waals surface area contributed by atoms with E-state index in [2.05, 4.69) is 14.7 Å². The summed E-state index contributed by atoms with van der Waals surface area (Å²) >= 11 is 0. The van der Waals surface area contributed by atoms with Crippen molar-refractivity contribution < 1.29 is 14.3 Å². The molecule has 0 radical (unpaired) electrons. The van der Waals surface area contributed by atoms with E-state index in [1.165, 1.54) is 0 Å². The van der Waals surface area contributed by atoms with Crippen molar-refractivity contribution in [2.24, 2.45) is 5.92 Å². The number of pyridine rings is 1. The van der Waals surface area contributed by atoms with Gasteiger partial charge in [-0.3, -0.25) is 4.79 Å². The highest BCUT2D eigenvalue weighted by Gasteiger charge is 2.28. The highest BCUT2D eigenvalue weighted by atomic mass is 16.5. The predicted molar refractivity (Wildman–Crippen MR) is 102 cm³/mol. The highest BCUT2D eigenvalue weighted by molar-refractivity contribution is 6.02. The number of amides is 1. The maximum absolute atomic E-state index is 12.9. The summed E-state index contributed by atoms with van der Waals surface area (Å²) in [7, 11) is 0. The first-order valence-electron chi connectivity index (χ1n) is 9.19. The minimum atomic E-state index is -0.430. The molecule has 6 nitrogen and oxygen atoms in total. The Morgan fingerprint density at radius 3 is 2.89 bits per heavy atom. The van der Waals surface area contributed by atoms with Gasteiger partial charge >= 0.3 is 5.97 Å². The van der Waals surface area contributed by atoms with Crippen LogP contribution in [-0.2, 0) is 22.4 Å². The van der Waals surface area contributed by atoms with Crippen molar-refractivity contribution in [3.63, 3.8) is 0 Å². The lowest BCUT2D eigenvalue weighted by Crippen LogP contribution is -2.29. The maximum atomic E-state index is 12.9. The number of nitrogens with zero attached hydrogens (tertiary/aromatic N) is 2. The fourth-order valence-electron chi connectivity index (χ4n) is 3.60. The summed E-state index contributed by atoms with van der Waals surface area (Å²) in [4.78, 5) is 29.6. The van der Waals surface area contributed by atoms with Gasteiger partial charge in [-0.05, 0) is 44.0 Å². The number of benzene rings is 1. The van der Waals surface area contributed by atoms with Crippen molar-refractivity contribution in [1.29, 1.82) is 0 Å². The first-order valence-corrected chi connectivity index (χ1v) is 9.19. The highest BCUT2D eigenvalue weighted by Crippen LogP contribution is 2.28. The molecule has 0 fully saturated rings. The number of carbonyl (C=O) groups is 2. The van der Waals surface area contributed by atoms with Crippen LogP contribution >= 0.6 is 0 Å². The molecule has 0 aliphatic heterocycles. The standard InChI is InChI=1S/C21H21N3O3/c1-2-27-21(26)15-7-3-4-8-16(15)23-20(25)14-10-11-17-18(13-14)24-12-6-5-9-19(24)22-17/h3-9,12,14H,2,10-11,13H2,1H3,(H,23,25). The topological polar surface area (TPSA) is 72.7 Å². The third-order valence-corrected chi connectivity index (χ3v) is 4.93. The lowest BCUT2D eigenvalue weighted by atomic mass is 9.89. The summed E-state index contributed by atoms with van der Waals surface area (Å²) in [6, 6.07) is 12.8. The monoisotopic (exact) mass is 363 g/mol. The van der Waals surface area contributed by atoms with E-state index in [-0.39, 0.29) is 11.8 Å². The number of fused-ring (bicyclic) bond motifs is 3. The number of imidazole rings is 1. The van der Waals surface area contributed by atoms with Gasteiger partial charge in [0, 0.05) is 24.2 Å².